The Morgan fingerprint density at radius 1 is 0.929 bits per heavy atom. The largest absolute Gasteiger partial charge is 0.369 e. The Bertz CT molecular complexity index is 812. The van der Waals surface area contributed by atoms with Crippen LogP contribution in [0.4, 0.5) is 11.4 Å². The zero-order valence-electron chi connectivity index (χ0n) is 16.6. The van der Waals surface area contributed by atoms with Gasteiger partial charge in [-0.2, -0.15) is 0 Å². The Kier molecular flexibility index (Phi) is 6.66. The first-order valence-corrected chi connectivity index (χ1v) is 9.66. The van der Waals surface area contributed by atoms with Gasteiger partial charge in [-0.3, -0.25) is 9.59 Å². The number of carbonyl (C=O) groups excluding carboxylic acids is 2. The number of piperazine rings is 1. The van der Waals surface area contributed by atoms with Gasteiger partial charge in [0.05, 0.1) is 0 Å². The van der Waals surface area contributed by atoms with Gasteiger partial charge >= 0.3 is 0 Å². The molecule has 0 bridgehead atoms. The number of anilines is 2. The van der Waals surface area contributed by atoms with Crippen LogP contribution in [0.1, 0.15) is 17.5 Å². The number of hydrogen-bond donors (Lipinski definition) is 2. The van der Waals surface area contributed by atoms with Crippen LogP contribution in [-0.4, -0.2) is 49.9 Å². The molecule has 2 N–H and O–H groups in total. The molecule has 0 radical (unpaired) electrons. The maximum Gasteiger partial charge on any atom is 0.233 e. The molecule has 2 aromatic rings. The van der Waals surface area contributed by atoms with Crippen molar-refractivity contribution >= 4 is 23.2 Å². The van der Waals surface area contributed by atoms with Crippen molar-refractivity contribution in [3.05, 3.63) is 59.7 Å². The second kappa shape index (κ2) is 9.37. The minimum absolute atomic E-state index is 0.188. The number of likely N-dealkylation sites (N-methyl/N-ethyl adjacent to an activating group) is 1. The predicted molar refractivity (Wildman–Crippen MR) is 112 cm³/mol. The van der Waals surface area contributed by atoms with E-state index in [1.807, 2.05) is 55.5 Å². The molecule has 6 nitrogen and oxygen atoms in total. The minimum atomic E-state index is -0.311. The highest BCUT2D eigenvalue weighted by Gasteiger charge is 2.14. The lowest BCUT2D eigenvalue weighted by atomic mass is 10.1. The first kappa shape index (κ1) is 19.9. The predicted octanol–water partition coefficient (Wildman–Crippen LogP) is 2.39. The SMILES string of the molecule is Cc1ccccc1CNC(=O)CC(=O)Nc1ccc(N2CCN(C)CC2)cc1. The monoisotopic (exact) mass is 380 g/mol. The molecule has 6 heteroatoms. The molecule has 28 heavy (non-hydrogen) atoms. The number of nitrogens with zero attached hydrogens (tertiary/aromatic N) is 2. The summed E-state index contributed by atoms with van der Waals surface area (Å²) in [6.07, 6.45) is -0.188. The molecule has 0 spiro atoms. The van der Waals surface area contributed by atoms with E-state index in [1.54, 1.807) is 0 Å². The second-order valence-corrected chi connectivity index (χ2v) is 7.27. The van der Waals surface area contributed by atoms with Crippen LogP contribution in [-0.2, 0) is 16.1 Å². The lowest BCUT2D eigenvalue weighted by Crippen LogP contribution is -2.44. The van der Waals surface area contributed by atoms with Crippen LogP contribution in [0.2, 0.25) is 0 Å². The molecule has 1 aliphatic heterocycles. The number of carbonyl (C=O) groups is 2. The summed E-state index contributed by atoms with van der Waals surface area (Å²) in [6.45, 7) is 6.54. The average Bonchev–Trinajstić information content (AvgIpc) is 2.68. The molecule has 0 unspecified atom stereocenters. The van der Waals surface area contributed by atoms with Gasteiger partial charge in [-0.05, 0) is 49.4 Å². The highest BCUT2D eigenvalue weighted by molar-refractivity contribution is 6.03. The van der Waals surface area contributed by atoms with Gasteiger partial charge in [0.15, 0.2) is 0 Å². The van der Waals surface area contributed by atoms with Gasteiger partial charge in [-0.1, -0.05) is 24.3 Å². The minimum Gasteiger partial charge on any atom is -0.369 e. The van der Waals surface area contributed by atoms with Crippen molar-refractivity contribution in [2.24, 2.45) is 0 Å². The fourth-order valence-corrected chi connectivity index (χ4v) is 3.24. The molecule has 1 aliphatic rings. The zero-order valence-corrected chi connectivity index (χ0v) is 16.6. The number of rotatable bonds is 6. The van der Waals surface area contributed by atoms with Crippen molar-refractivity contribution in [1.29, 1.82) is 0 Å². The van der Waals surface area contributed by atoms with E-state index in [0.717, 1.165) is 43.0 Å². The van der Waals surface area contributed by atoms with Crippen LogP contribution >= 0.6 is 0 Å². The van der Waals surface area contributed by atoms with Crippen molar-refractivity contribution in [3.8, 4) is 0 Å². The van der Waals surface area contributed by atoms with E-state index in [4.69, 9.17) is 0 Å². The molecule has 2 amide bonds. The highest BCUT2D eigenvalue weighted by Crippen LogP contribution is 2.19. The van der Waals surface area contributed by atoms with E-state index < -0.39 is 0 Å². The molecule has 1 heterocycles. The van der Waals surface area contributed by atoms with Crippen molar-refractivity contribution < 1.29 is 9.59 Å². The molecular formula is C22H28N4O2. The summed E-state index contributed by atoms with van der Waals surface area (Å²) < 4.78 is 0. The third-order valence-electron chi connectivity index (χ3n) is 5.08. The number of aryl methyl sites for hydroxylation is 1. The van der Waals surface area contributed by atoms with Crippen LogP contribution in [0, 0.1) is 6.92 Å². The Morgan fingerprint density at radius 3 is 2.29 bits per heavy atom. The summed E-state index contributed by atoms with van der Waals surface area (Å²) in [6, 6.07) is 15.7. The second-order valence-electron chi connectivity index (χ2n) is 7.27. The number of hydrogen-bond acceptors (Lipinski definition) is 4. The third-order valence-corrected chi connectivity index (χ3v) is 5.08. The number of nitrogens with one attached hydrogen (secondary N) is 2. The van der Waals surface area contributed by atoms with Gasteiger partial charge in [0, 0.05) is 44.1 Å². The van der Waals surface area contributed by atoms with Crippen LogP contribution < -0.4 is 15.5 Å². The van der Waals surface area contributed by atoms with Crippen molar-refractivity contribution in [3.63, 3.8) is 0 Å². The van der Waals surface area contributed by atoms with E-state index in [0.29, 0.717) is 12.2 Å². The van der Waals surface area contributed by atoms with Crippen molar-refractivity contribution in [2.45, 2.75) is 19.9 Å². The molecule has 0 aromatic heterocycles. The van der Waals surface area contributed by atoms with Gasteiger partial charge < -0.3 is 20.4 Å². The summed E-state index contributed by atoms with van der Waals surface area (Å²) in [5, 5.41) is 5.59. The normalized spacial score (nSPS) is 14.6. The summed E-state index contributed by atoms with van der Waals surface area (Å²) in [4.78, 5) is 28.8. The molecule has 0 atom stereocenters. The van der Waals surface area contributed by atoms with Crippen LogP contribution in [0.25, 0.3) is 0 Å². The molecule has 3 rings (SSSR count). The van der Waals surface area contributed by atoms with Crippen molar-refractivity contribution in [2.75, 3.05) is 43.4 Å². The Balaban J connectivity index is 1.45. The molecule has 0 aliphatic carbocycles. The maximum absolute atomic E-state index is 12.1. The lowest BCUT2D eigenvalue weighted by molar-refractivity contribution is -0.126. The highest BCUT2D eigenvalue weighted by atomic mass is 16.2. The van der Waals surface area contributed by atoms with E-state index in [2.05, 4.69) is 27.5 Å². The van der Waals surface area contributed by atoms with Crippen LogP contribution in [0.5, 0.6) is 0 Å². The number of amides is 2. The van der Waals surface area contributed by atoms with Crippen LogP contribution in [0.15, 0.2) is 48.5 Å². The van der Waals surface area contributed by atoms with E-state index in [9.17, 15) is 9.59 Å². The van der Waals surface area contributed by atoms with Gasteiger partial charge in [0.2, 0.25) is 11.8 Å². The van der Waals surface area contributed by atoms with Crippen LogP contribution in [0.3, 0.4) is 0 Å². The quantitative estimate of drug-likeness (QED) is 0.756. The fourth-order valence-electron chi connectivity index (χ4n) is 3.24. The zero-order chi connectivity index (χ0) is 19.9. The first-order chi connectivity index (χ1) is 13.5. The standard InChI is InChI=1S/C22H28N4O2/c1-17-5-3-4-6-18(17)16-23-21(27)15-22(28)24-19-7-9-20(10-8-19)26-13-11-25(2)12-14-26/h3-10H,11-16H2,1-2H3,(H,23,27)(H,24,28). The maximum atomic E-state index is 12.1. The first-order valence-electron chi connectivity index (χ1n) is 9.66. The fraction of sp³-hybridized carbons (Fsp3) is 0.364. The van der Waals surface area contributed by atoms with Gasteiger partial charge in [-0.15, -0.1) is 0 Å². The topological polar surface area (TPSA) is 64.7 Å². The molecule has 2 aromatic carbocycles. The molecule has 148 valence electrons. The Hall–Kier alpha value is -2.86. The molecule has 1 fully saturated rings. The van der Waals surface area contributed by atoms with E-state index in [1.165, 1.54) is 0 Å². The van der Waals surface area contributed by atoms with E-state index >= 15 is 0 Å². The van der Waals surface area contributed by atoms with Gasteiger partial charge in [-0.25, -0.2) is 0 Å². The van der Waals surface area contributed by atoms with E-state index in [-0.39, 0.29) is 18.2 Å². The number of benzene rings is 2. The third kappa shape index (κ3) is 5.57. The summed E-state index contributed by atoms with van der Waals surface area (Å²) >= 11 is 0. The molecule has 1 saturated heterocycles. The summed E-state index contributed by atoms with van der Waals surface area (Å²) in [5.74, 6) is -0.593. The smallest absolute Gasteiger partial charge is 0.233 e. The summed E-state index contributed by atoms with van der Waals surface area (Å²) in [7, 11) is 2.13. The average molecular weight is 380 g/mol. The Labute approximate surface area is 166 Å². The lowest BCUT2D eigenvalue weighted by Gasteiger charge is -2.34. The molecule has 0 saturated carbocycles. The molecular weight excluding hydrogens is 352 g/mol. The summed E-state index contributed by atoms with van der Waals surface area (Å²) in [5.41, 5.74) is 4.03. The van der Waals surface area contributed by atoms with Crippen molar-refractivity contribution in [1.82, 2.24) is 10.2 Å². The van der Waals surface area contributed by atoms with Gasteiger partial charge in [0.1, 0.15) is 6.42 Å². The Morgan fingerprint density at radius 2 is 1.61 bits per heavy atom. The van der Waals surface area contributed by atoms with Gasteiger partial charge in [0.25, 0.3) is 0 Å².